The summed E-state index contributed by atoms with van der Waals surface area (Å²) in [6.07, 6.45) is 4.47. The van der Waals surface area contributed by atoms with Gasteiger partial charge in [0.2, 0.25) is 5.91 Å². The number of nitrogens with two attached hydrogens (primary N) is 1. The molecule has 0 aliphatic heterocycles. The first kappa shape index (κ1) is 25.0. The Bertz CT molecular complexity index is 1610. The molecule has 4 N–H and O–H groups in total. The number of nitrogens with zero attached hydrogens (tertiary/aromatic N) is 2. The van der Waals surface area contributed by atoms with Gasteiger partial charge in [-0.05, 0) is 66.4 Å². The lowest BCUT2D eigenvalue weighted by atomic mass is 9.88. The average Bonchev–Trinajstić information content (AvgIpc) is 3.33. The minimum atomic E-state index is -0.600. The lowest BCUT2D eigenvalue weighted by Crippen LogP contribution is -2.15. The highest BCUT2D eigenvalue weighted by molar-refractivity contribution is 6.34. The molecule has 8 nitrogen and oxygen atoms in total. The fourth-order valence-corrected chi connectivity index (χ4v) is 4.75. The van der Waals surface area contributed by atoms with E-state index in [1.807, 2.05) is 42.5 Å². The smallest absolute Gasteiger partial charge is 0.269 e. The van der Waals surface area contributed by atoms with Gasteiger partial charge in [-0.3, -0.25) is 14.4 Å². The van der Waals surface area contributed by atoms with Crippen molar-refractivity contribution in [3.8, 4) is 16.9 Å². The number of likely N-dealkylation sites (N-methyl/N-ethyl adjacent to an activating group) is 1. The highest BCUT2D eigenvalue weighted by Crippen LogP contribution is 2.38. The van der Waals surface area contributed by atoms with Gasteiger partial charge in [0.25, 0.3) is 11.8 Å². The number of carbonyl (C=O) groups excluding carboxylic acids is 3. The monoisotopic (exact) mass is 525 g/mol. The number of anilines is 1. The maximum atomic E-state index is 12.9. The second-order valence-corrected chi connectivity index (χ2v) is 9.20. The van der Waals surface area contributed by atoms with Gasteiger partial charge in [-0.15, -0.1) is 0 Å². The van der Waals surface area contributed by atoms with Gasteiger partial charge < -0.3 is 16.4 Å². The Kier molecular flexibility index (Phi) is 6.81. The van der Waals surface area contributed by atoms with Crippen LogP contribution >= 0.6 is 11.6 Å². The van der Waals surface area contributed by atoms with E-state index in [4.69, 9.17) is 17.3 Å². The molecule has 0 saturated heterocycles. The highest BCUT2D eigenvalue weighted by Gasteiger charge is 2.28. The van der Waals surface area contributed by atoms with Crippen LogP contribution in [0.4, 0.5) is 5.69 Å². The predicted octanol–water partition coefficient (Wildman–Crippen LogP) is 4.40. The summed E-state index contributed by atoms with van der Waals surface area (Å²) in [5, 5.41) is 10.4. The molecular formula is C29H24ClN5O3. The molecule has 0 saturated carbocycles. The van der Waals surface area contributed by atoms with Gasteiger partial charge in [0.15, 0.2) is 5.69 Å². The van der Waals surface area contributed by atoms with Crippen molar-refractivity contribution >= 4 is 41.1 Å². The van der Waals surface area contributed by atoms with Crippen LogP contribution < -0.4 is 16.4 Å². The molecule has 190 valence electrons. The lowest BCUT2D eigenvalue weighted by Gasteiger charge is -2.20. The molecule has 9 heteroatoms. The van der Waals surface area contributed by atoms with Crippen molar-refractivity contribution in [3.05, 3.63) is 106 Å². The SMILES string of the molecule is CNC(=O)/C=C/c1ccc(-n2nc(C(N)=O)c3c2-c2cc(NC(=O)c4ccccc4Cl)ccc2CC3)cc1. The molecule has 1 aliphatic carbocycles. The van der Waals surface area contributed by atoms with E-state index in [0.29, 0.717) is 29.1 Å². The first-order valence-corrected chi connectivity index (χ1v) is 12.3. The summed E-state index contributed by atoms with van der Waals surface area (Å²) in [4.78, 5) is 36.7. The van der Waals surface area contributed by atoms with Crippen LogP contribution in [0.3, 0.4) is 0 Å². The summed E-state index contributed by atoms with van der Waals surface area (Å²) in [7, 11) is 1.57. The third kappa shape index (κ3) is 4.81. The number of rotatable bonds is 6. The van der Waals surface area contributed by atoms with Crippen LogP contribution in [0.15, 0.2) is 72.8 Å². The number of amides is 3. The Labute approximate surface area is 224 Å². The Morgan fingerprint density at radius 1 is 1.03 bits per heavy atom. The van der Waals surface area contributed by atoms with E-state index < -0.39 is 5.91 Å². The van der Waals surface area contributed by atoms with E-state index >= 15 is 0 Å². The van der Waals surface area contributed by atoms with Crippen LogP contribution in [0.1, 0.15) is 37.5 Å². The molecule has 0 unspecified atom stereocenters. The number of benzene rings is 3. The Morgan fingerprint density at radius 2 is 1.79 bits per heavy atom. The van der Waals surface area contributed by atoms with Gasteiger partial charge in [0.05, 0.1) is 22.0 Å². The van der Waals surface area contributed by atoms with Gasteiger partial charge in [-0.2, -0.15) is 5.10 Å². The summed E-state index contributed by atoms with van der Waals surface area (Å²) in [6, 6.07) is 20.0. The van der Waals surface area contributed by atoms with E-state index in [1.165, 1.54) is 6.08 Å². The lowest BCUT2D eigenvalue weighted by molar-refractivity contribution is -0.115. The van der Waals surface area contributed by atoms with Crippen LogP contribution in [0.25, 0.3) is 23.0 Å². The fourth-order valence-electron chi connectivity index (χ4n) is 4.53. The number of halogens is 1. The molecule has 38 heavy (non-hydrogen) atoms. The molecule has 3 aromatic carbocycles. The molecule has 3 amide bonds. The van der Waals surface area contributed by atoms with Crippen molar-refractivity contribution in [1.82, 2.24) is 15.1 Å². The number of aryl methyl sites for hydroxylation is 1. The van der Waals surface area contributed by atoms with E-state index in [1.54, 1.807) is 42.1 Å². The number of aromatic nitrogens is 2. The van der Waals surface area contributed by atoms with E-state index in [9.17, 15) is 14.4 Å². The molecule has 0 atom stereocenters. The van der Waals surface area contributed by atoms with Crippen LogP contribution in [-0.2, 0) is 17.6 Å². The van der Waals surface area contributed by atoms with Crippen LogP contribution in [0.5, 0.6) is 0 Å². The molecule has 5 rings (SSSR count). The van der Waals surface area contributed by atoms with Crippen molar-refractivity contribution in [2.24, 2.45) is 5.73 Å². The molecule has 1 aliphatic rings. The second kappa shape index (κ2) is 10.4. The third-order valence-electron chi connectivity index (χ3n) is 6.41. The van der Waals surface area contributed by atoms with E-state index in [2.05, 4.69) is 15.7 Å². The minimum absolute atomic E-state index is 0.199. The number of primary amides is 1. The first-order valence-electron chi connectivity index (χ1n) is 12.0. The van der Waals surface area contributed by atoms with Crippen molar-refractivity contribution in [1.29, 1.82) is 0 Å². The van der Waals surface area contributed by atoms with Gasteiger partial charge in [0.1, 0.15) is 0 Å². The zero-order valence-electron chi connectivity index (χ0n) is 20.5. The molecular weight excluding hydrogens is 502 g/mol. The molecule has 0 fully saturated rings. The summed E-state index contributed by atoms with van der Waals surface area (Å²) in [5.74, 6) is -1.12. The molecule has 1 aromatic heterocycles. The largest absolute Gasteiger partial charge is 0.364 e. The van der Waals surface area contributed by atoms with Crippen LogP contribution in [0.2, 0.25) is 5.02 Å². The predicted molar refractivity (Wildman–Crippen MR) is 147 cm³/mol. The molecule has 4 aromatic rings. The van der Waals surface area contributed by atoms with Gasteiger partial charge in [-0.25, -0.2) is 4.68 Å². The van der Waals surface area contributed by atoms with E-state index in [0.717, 1.165) is 33.6 Å². The van der Waals surface area contributed by atoms with Crippen LogP contribution in [-0.4, -0.2) is 34.5 Å². The first-order chi connectivity index (χ1) is 18.4. The van der Waals surface area contributed by atoms with Gasteiger partial charge >= 0.3 is 0 Å². The maximum absolute atomic E-state index is 12.9. The summed E-state index contributed by atoms with van der Waals surface area (Å²) < 4.78 is 1.71. The highest BCUT2D eigenvalue weighted by atomic mass is 35.5. The number of nitrogens with one attached hydrogen (secondary N) is 2. The Hall–Kier alpha value is -4.69. The Balaban J connectivity index is 1.55. The topological polar surface area (TPSA) is 119 Å². The Morgan fingerprint density at radius 3 is 2.50 bits per heavy atom. The molecule has 0 spiro atoms. The summed E-state index contributed by atoms with van der Waals surface area (Å²) in [5.41, 5.74) is 11.9. The minimum Gasteiger partial charge on any atom is -0.364 e. The van der Waals surface area contributed by atoms with Crippen LogP contribution in [0, 0.1) is 0 Å². The van der Waals surface area contributed by atoms with Gasteiger partial charge in [-0.1, -0.05) is 41.9 Å². The van der Waals surface area contributed by atoms with E-state index in [-0.39, 0.29) is 17.5 Å². The summed E-state index contributed by atoms with van der Waals surface area (Å²) >= 11 is 6.20. The third-order valence-corrected chi connectivity index (χ3v) is 6.74. The van der Waals surface area contributed by atoms with Crippen molar-refractivity contribution in [3.63, 3.8) is 0 Å². The second-order valence-electron chi connectivity index (χ2n) is 8.80. The van der Waals surface area contributed by atoms with Crippen molar-refractivity contribution in [2.75, 3.05) is 12.4 Å². The number of hydrogen-bond acceptors (Lipinski definition) is 4. The zero-order chi connectivity index (χ0) is 26.8. The molecule has 0 bridgehead atoms. The number of carbonyl (C=O) groups is 3. The van der Waals surface area contributed by atoms with Crippen molar-refractivity contribution in [2.45, 2.75) is 12.8 Å². The normalized spacial score (nSPS) is 12.1. The maximum Gasteiger partial charge on any atom is 0.269 e. The molecule has 0 radical (unpaired) electrons. The average molecular weight is 526 g/mol. The quantitative estimate of drug-likeness (QED) is 0.323. The number of fused-ring (bicyclic) bond motifs is 3. The van der Waals surface area contributed by atoms with Gasteiger partial charge in [0, 0.05) is 29.9 Å². The standard InChI is InChI=1S/C29H24ClN5O3/c1-32-25(36)15-8-17-6-12-20(13-7-17)35-27-22(26(34-35)28(31)37)14-10-18-9-11-19(16-23(18)27)33-29(38)21-4-2-3-5-24(21)30/h2-9,11-13,15-16H,10,14H2,1H3,(H2,31,37)(H,32,36)(H,33,38)/b15-8+. The zero-order valence-corrected chi connectivity index (χ0v) is 21.3. The fraction of sp³-hybridized carbons (Fsp3) is 0.103. The van der Waals surface area contributed by atoms with Crippen molar-refractivity contribution < 1.29 is 14.4 Å². The number of hydrogen-bond donors (Lipinski definition) is 3. The summed E-state index contributed by atoms with van der Waals surface area (Å²) in [6.45, 7) is 0. The molecule has 1 heterocycles.